The maximum Gasteiger partial charge on any atom is 0.272 e. The number of aryl methyl sites for hydroxylation is 1. The fourth-order valence-corrected chi connectivity index (χ4v) is 7.32. The van der Waals surface area contributed by atoms with Crippen molar-refractivity contribution in [3.8, 4) is 0 Å². The van der Waals surface area contributed by atoms with Gasteiger partial charge in [-0.2, -0.15) is 5.10 Å². The van der Waals surface area contributed by atoms with Crippen LogP contribution in [0.3, 0.4) is 0 Å². The molecule has 1 aromatic carbocycles. The van der Waals surface area contributed by atoms with Gasteiger partial charge in [0.25, 0.3) is 11.8 Å². The molecule has 10 nitrogen and oxygen atoms in total. The zero-order valence-electron chi connectivity index (χ0n) is 21.3. The minimum atomic E-state index is -3.66. The third-order valence-corrected chi connectivity index (χ3v) is 10.6. The molecule has 0 saturated heterocycles. The summed E-state index contributed by atoms with van der Waals surface area (Å²) in [6, 6.07) is 7.13. The third-order valence-electron chi connectivity index (χ3n) is 7.12. The van der Waals surface area contributed by atoms with E-state index in [4.69, 9.17) is 21.4 Å². The van der Waals surface area contributed by atoms with Crippen molar-refractivity contribution >= 4 is 33.3 Å². The quantitative estimate of drug-likeness (QED) is 0.406. The molecular weight excluding hydrogens is 520 g/mol. The van der Waals surface area contributed by atoms with E-state index in [0.29, 0.717) is 48.6 Å². The third kappa shape index (κ3) is 5.27. The van der Waals surface area contributed by atoms with E-state index in [1.54, 1.807) is 37.9 Å². The number of nitrogens with one attached hydrogen (secondary N) is 1. The van der Waals surface area contributed by atoms with E-state index in [2.05, 4.69) is 10.4 Å². The molecule has 0 unspecified atom stereocenters. The number of aliphatic hydroxyl groups excluding tert-OH is 1. The van der Waals surface area contributed by atoms with Crippen molar-refractivity contribution in [3.63, 3.8) is 0 Å². The van der Waals surface area contributed by atoms with Crippen LogP contribution in [0.2, 0.25) is 5.02 Å². The van der Waals surface area contributed by atoms with Gasteiger partial charge in [0.2, 0.25) is 0 Å². The Morgan fingerprint density at radius 1 is 1.27 bits per heavy atom. The predicted octanol–water partition coefficient (Wildman–Crippen LogP) is 1.74. The summed E-state index contributed by atoms with van der Waals surface area (Å²) < 4.78 is 31.7. The predicted molar refractivity (Wildman–Crippen MR) is 138 cm³/mol. The molecule has 202 valence electrons. The fourth-order valence-electron chi connectivity index (χ4n) is 4.82. The van der Waals surface area contributed by atoms with Gasteiger partial charge in [-0.1, -0.05) is 23.7 Å². The SMILES string of the molecule is Cn1nc(C(=O)NCc2ccc(Cl)cc2)c2c1C(=O)N(CC1(S(=O)(=O)C(C)(C)COCCO)CC1)CC2. The smallest absolute Gasteiger partial charge is 0.272 e. The van der Waals surface area contributed by atoms with Crippen LogP contribution in [0.15, 0.2) is 24.3 Å². The molecule has 1 aromatic heterocycles. The van der Waals surface area contributed by atoms with Crippen LogP contribution in [0.25, 0.3) is 0 Å². The molecule has 2 amide bonds. The number of carbonyl (C=O) groups is 2. The van der Waals surface area contributed by atoms with Gasteiger partial charge in [0.05, 0.1) is 29.3 Å². The number of fused-ring (bicyclic) bond motifs is 1. The summed E-state index contributed by atoms with van der Waals surface area (Å²) in [6.07, 6.45) is 1.34. The molecule has 2 N–H and O–H groups in total. The van der Waals surface area contributed by atoms with Crippen molar-refractivity contribution < 1.29 is 27.9 Å². The summed E-state index contributed by atoms with van der Waals surface area (Å²) in [4.78, 5) is 27.9. The monoisotopic (exact) mass is 552 g/mol. The van der Waals surface area contributed by atoms with Crippen molar-refractivity contribution in [1.82, 2.24) is 20.0 Å². The molecule has 1 aliphatic heterocycles. The Morgan fingerprint density at radius 3 is 2.57 bits per heavy atom. The molecule has 1 saturated carbocycles. The Bertz CT molecular complexity index is 1280. The number of hydrogen-bond donors (Lipinski definition) is 2. The van der Waals surface area contributed by atoms with Gasteiger partial charge >= 0.3 is 0 Å². The summed E-state index contributed by atoms with van der Waals surface area (Å²) in [5.74, 6) is -0.706. The number of amides is 2. The van der Waals surface area contributed by atoms with Crippen molar-refractivity contribution in [2.24, 2.45) is 7.05 Å². The molecule has 2 aliphatic rings. The average Bonchev–Trinajstić information content (AvgIpc) is 3.56. The van der Waals surface area contributed by atoms with Crippen LogP contribution in [0.4, 0.5) is 0 Å². The van der Waals surface area contributed by atoms with E-state index in [-0.39, 0.29) is 43.9 Å². The first-order valence-electron chi connectivity index (χ1n) is 12.2. The van der Waals surface area contributed by atoms with Crippen molar-refractivity contribution in [3.05, 3.63) is 51.8 Å². The lowest BCUT2D eigenvalue weighted by molar-refractivity contribution is 0.0719. The zero-order valence-corrected chi connectivity index (χ0v) is 22.9. The van der Waals surface area contributed by atoms with E-state index in [0.717, 1.165) is 5.56 Å². The fraction of sp³-hybridized carbons (Fsp3) is 0.560. The Hall–Kier alpha value is -2.47. The van der Waals surface area contributed by atoms with Crippen LogP contribution in [0.1, 0.15) is 58.8 Å². The second-order valence-electron chi connectivity index (χ2n) is 10.3. The highest BCUT2D eigenvalue weighted by Gasteiger charge is 2.61. The van der Waals surface area contributed by atoms with Crippen LogP contribution in [0.5, 0.6) is 0 Å². The number of nitrogens with zero attached hydrogens (tertiary/aromatic N) is 3. The molecular formula is C25H33ClN4O6S. The minimum absolute atomic E-state index is 0.0358. The van der Waals surface area contributed by atoms with Gasteiger partial charge in [-0.15, -0.1) is 0 Å². The molecule has 12 heteroatoms. The first-order chi connectivity index (χ1) is 17.4. The molecule has 0 atom stereocenters. The van der Waals surface area contributed by atoms with E-state index < -0.39 is 19.3 Å². The first kappa shape index (κ1) is 27.6. The highest BCUT2D eigenvalue weighted by atomic mass is 35.5. The number of hydrogen-bond acceptors (Lipinski definition) is 7. The van der Waals surface area contributed by atoms with Gasteiger partial charge in [0.1, 0.15) is 5.69 Å². The lowest BCUT2D eigenvalue weighted by atomic mass is 10.0. The number of halogens is 1. The topological polar surface area (TPSA) is 131 Å². The van der Waals surface area contributed by atoms with Gasteiger partial charge in [0.15, 0.2) is 15.5 Å². The van der Waals surface area contributed by atoms with Gasteiger partial charge in [-0.3, -0.25) is 14.3 Å². The second kappa shape index (κ2) is 10.4. The number of benzene rings is 1. The number of sulfone groups is 1. The summed E-state index contributed by atoms with van der Waals surface area (Å²) in [5, 5.41) is 16.7. The van der Waals surface area contributed by atoms with Crippen LogP contribution >= 0.6 is 11.6 Å². The number of carbonyl (C=O) groups excluding carboxylic acids is 2. The van der Waals surface area contributed by atoms with Gasteiger partial charge in [0, 0.05) is 37.3 Å². The molecule has 1 aliphatic carbocycles. The maximum atomic E-state index is 13.6. The normalized spacial score (nSPS) is 17.0. The van der Waals surface area contributed by atoms with Crippen molar-refractivity contribution in [1.29, 1.82) is 0 Å². The van der Waals surface area contributed by atoms with Crippen LogP contribution in [-0.4, -0.2) is 82.4 Å². The summed E-state index contributed by atoms with van der Waals surface area (Å²) in [6.45, 7) is 3.75. The summed E-state index contributed by atoms with van der Waals surface area (Å²) in [7, 11) is -2.05. The van der Waals surface area contributed by atoms with E-state index in [1.165, 1.54) is 4.68 Å². The molecule has 0 radical (unpaired) electrons. The number of aliphatic hydroxyl groups is 1. The van der Waals surface area contributed by atoms with Crippen LogP contribution < -0.4 is 5.32 Å². The molecule has 2 aromatic rings. The molecule has 4 rings (SSSR count). The lowest BCUT2D eigenvalue weighted by Crippen LogP contribution is -2.52. The van der Waals surface area contributed by atoms with E-state index in [1.807, 2.05) is 12.1 Å². The highest BCUT2D eigenvalue weighted by Crippen LogP contribution is 2.49. The molecule has 0 spiro atoms. The molecule has 1 fully saturated rings. The van der Waals surface area contributed by atoms with Crippen molar-refractivity contribution in [2.75, 3.05) is 32.9 Å². The van der Waals surface area contributed by atoms with Crippen molar-refractivity contribution in [2.45, 2.75) is 49.1 Å². The van der Waals surface area contributed by atoms with Crippen LogP contribution in [-0.2, 0) is 34.6 Å². The molecule has 0 bridgehead atoms. The standard InChI is InChI=1S/C25H33ClN4O6S/c1-24(2,16-36-13-12-31)37(34,35)25(9-10-25)15-30-11-8-19-20(28-29(3)21(19)23(30)33)22(32)27-14-17-4-6-18(26)7-5-17/h4-7,31H,8-16H2,1-3H3,(H,27,32). The number of rotatable bonds is 11. The highest BCUT2D eigenvalue weighted by molar-refractivity contribution is 7.94. The van der Waals surface area contributed by atoms with Gasteiger partial charge in [-0.25, -0.2) is 8.42 Å². The van der Waals surface area contributed by atoms with Gasteiger partial charge in [-0.05, 0) is 50.8 Å². The first-order valence-corrected chi connectivity index (χ1v) is 14.1. The maximum absolute atomic E-state index is 13.6. The summed E-state index contributed by atoms with van der Waals surface area (Å²) >= 11 is 5.91. The van der Waals surface area contributed by atoms with Gasteiger partial charge < -0.3 is 20.1 Å². The average molecular weight is 553 g/mol. The minimum Gasteiger partial charge on any atom is -0.394 e. The Morgan fingerprint density at radius 2 is 1.95 bits per heavy atom. The zero-order chi connectivity index (χ0) is 27.0. The number of ether oxygens (including phenoxy) is 1. The summed E-state index contributed by atoms with van der Waals surface area (Å²) in [5.41, 5.74) is 1.96. The Kier molecular flexibility index (Phi) is 7.72. The second-order valence-corrected chi connectivity index (χ2v) is 13.7. The Balaban J connectivity index is 1.47. The molecule has 2 heterocycles. The Labute approximate surface area is 221 Å². The van der Waals surface area contributed by atoms with Crippen LogP contribution in [0, 0.1) is 0 Å². The molecule has 37 heavy (non-hydrogen) atoms. The largest absolute Gasteiger partial charge is 0.394 e. The lowest BCUT2D eigenvalue weighted by Gasteiger charge is -2.35. The van der Waals surface area contributed by atoms with E-state index in [9.17, 15) is 18.0 Å². The number of aromatic nitrogens is 2. The van der Waals surface area contributed by atoms with E-state index >= 15 is 0 Å².